The molecule has 0 saturated heterocycles. The highest BCUT2D eigenvalue weighted by Gasteiger charge is 2.30. The first-order valence-electron chi connectivity index (χ1n) is 10.8. The van der Waals surface area contributed by atoms with Crippen molar-refractivity contribution in [2.75, 3.05) is 13.6 Å². The van der Waals surface area contributed by atoms with Gasteiger partial charge in [-0.2, -0.15) is 0 Å². The molecular weight excluding hydrogens is 374 g/mol. The first-order chi connectivity index (χ1) is 14.5. The van der Waals surface area contributed by atoms with Gasteiger partial charge in [-0.25, -0.2) is 0 Å². The highest BCUT2D eigenvalue weighted by Crippen LogP contribution is 2.31. The van der Waals surface area contributed by atoms with E-state index in [1.165, 1.54) is 6.42 Å². The van der Waals surface area contributed by atoms with Gasteiger partial charge in [0, 0.05) is 42.9 Å². The van der Waals surface area contributed by atoms with Gasteiger partial charge in [0.25, 0.3) is 11.8 Å². The monoisotopic (exact) mass is 403 g/mol. The molecular formula is C25H29N3O2. The fourth-order valence-corrected chi connectivity index (χ4v) is 4.42. The van der Waals surface area contributed by atoms with Gasteiger partial charge in [0.2, 0.25) is 0 Å². The lowest BCUT2D eigenvalue weighted by atomic mass is 9.79. The van der Waals surface area contributed by atoms with Crippen molar-refractivity contribution in [3.8, 4) is 11.1 Å². The fraction of sp³-hybridized carbons (Fsp3) is 0.400. The Bertz CT molecular complexity index is 976. The summed E-state index contributed by atoms with van der Waals surface area (Å²) in [6.07, 6.45) is 5.01. The van der Waals surface area contributed by atoms with Gasteiger partial charge < -0.3 is 15.6 Å². The Morgan fingerprint density at radius 1 is 1.17 bits per heavy atom. The van der Waals surface area contributed by atoms with E-state index < -0.39 is 0 Å². The lowest BCUT2D eigenvalue weighted by molar-refractivity contribution is 0.0678. The number of amides is 2. The second-order valence-corrected chi connectivity index (χ2v) is 8.48. The van der Waals surface area contributed by atoms with Gasteiger partial charge in [0.05, 0.1) is 0 Å². The number of nitrogens with zero attached hydrogens (tertiary/aromatic N) is 1. The average molecular weight is 404 g/mol. The van der Waals surface area contributed by atoms with Crippen LogP contribution in [0.25, 0.3) is 11.1 Å². The van der Waals surface area contributed by atoms with Crippen LogP contribution in [-0.2, 0) is 6.42 Å². The Morgan fingerprint density at radius 3 is 2.50 bits per heavy atom. The van der Waals surface area contributed by atoms with E-state index in [0.717, 1.165) is 47.2 Å². The topological polar surface area (TPSA) is 73.3 Å². The molecule has 1 aliphatic carbocycles. The van der Waals surface area contributed by atoms with Gasteiger partial charge in [0.1, 0.15) is 0 Å². The Balaban J connectivity index is 1.48. The third-order valence-electron chi connectivity index (χ3n) is 6.57. The predicted molar refractivity (Wildman–Crippen MR) is 119 cm³/mol. The summed E-state index contributed by atoms with van der Waals surface area (Å²) in [4.78, 5) is 26.8. The lowest BCUT2D eigenvalue weighted by Gasteiger charge is -2.36. The molecule has 1 heterocycles. The van der Waals surface area contributed by atoms with Crippen molar-refractivity contribution in [3.63, 3.8) is 0 Å². The SMILES string of the molecule is CNC(=O)c1ccc(-c2ccc3c(c2)CCN([C@@H](C)CC(=N)C2CCC2)C3=O)cc1. The summed E-state index contributed by atoms with van der Waals surface area (Å²) in [5.74, 6) is 0.417. The number of rotatable bonds is 6. The van der Waals surface area contributed by atoms with Crippen molar-refractivity contribution in [1.29, 1.82) is 5.41 Å². The number of carbonyl (C=O) groups excluding carboxylic acids is 2. The number of benzene rings is 2. The molecule has 5 heteroatoms. The summed E-state index contributed by atoms with van der Waals surface area (Å²) in [6, 6.07) is 13.6. The van der Waals surface area contributed by atoms with Crippen molar-refractivity contribution in [2.24, 2.45) is 5.92 Å². The molecule has 2 aromatic carbocycles. The van der Waals surface area contributed by atoms with Crippen molar-refractivity contribution in [3.05, 3.63) is 59.2 Å². The normalized spacial score (nSPS) is 17.1. The van der Waals surface area contributed by atoms with Crippen LogP contribution in [0.1, 0.15) is 58.9 Å². The Kier molecular flexibility index (Phi) is 5.71. The van der Waals surface area contributed by atoms with Crippen LogP contribution in [0.5, 0.6) is 0 Å². The van der Waals surface area contributed by atoms with Crippen LogP contribution >= 0.6 is 0 Å². The van der Waals surface area contributed by atoms with E-state index in [2.05, 4.69) is 18.3 Å². The Hall–Kier alpha value is -2.95. The van der Waals surface area contributed by atoms with Crippen LogP contribution in [0.2, 0.25) is 0 Å². The summed E-state index contributed by atoms with van der Waals surface area (Å²) in [5.41, 5.74) is 5.37. The molecule has 1 saturated carbocycles. The molecule has 1 aliphatic heterocycles. The summed E-state index contributed by atoms with van der Waals surface area (Å²) in [6.45, 7) is 2.77. The Morgan fingerprint density at radius 2 is 1.87 bits per heavy atom. The van der Waals surface area contributed by atoms with Crippen LogP contribution in [0.15, 0.2) is 42.5 Å². The zero-order valence-corrected chi connectivity index (χ0v) is 17.7. The standard InChI is InChI=1S/C25H29N3O2/c1-16(14-23(26)18-4-3-5-18)28-13-12-21-15-20(10-11-22(21)25(28)30)17-6-8-19(9-7-17)24(29)27-2/h6-11,15-16,18,26H,3-5,12-14H2,1-2H3,(H,27,29)/t16-/m0/s1. The zero-order valence-electron chi connectivity index (χ0n) is 17.7. The molecule has 0 unspecified atom stereocenters. The second-order valence-electron chi connectivity index (χ2n) is 8.48. The molecule has 0 spiro atoms. The van der Waals surface area contributed by atoms with Gasteiger partial charge in [-0.15, -0.1) is 0 Å². The van der Waals surface area contributed by atoms with Crippen molar-refractivity contribution < 1.29 is 9.59 Å². The van der Waals surface area contributed by atoms with E-state index in [0.29, 0.717) is 24.4 Å². The van der Waals surface area contributed by atoms with Gasteiger partial charge >= 0.3 is 0 Å². The molecule has 5 nitrogen and oxygen atoms in total. The minimum atomic E-state index is -0.0998. The summed E-state index contributed by atoms with van der Waals surface area (Å²) in [7, 11) is 1.62. The highest BCUT2D eigenvalue weighted by molar-refractivity contribution is 5.98. The summed E-state index contributed by atoms with van der Waals surface area (Å²) in [5, 5.41) is 10.9. The molecule has 2 amide bonds. The van der Waals surface area contributed by atoms with Gasteiger partial charge in [-0.3, -0.25) is 9.59 Å². The van der Waals surface area contributed by atoms with Crippen LogP contribution in [0.3, 0.4) is 0 Å². The number of fused-ring (bicyclic) bond motifs is 1. The van der Waals surface area contributed by atoms with Crippen molar-refractivity contribution in [2.45, 2.75) is 45.1 Å². The van der Waals surface area contributed by atoms with Gasteiger partial charge in [-0.05, 0) is 67.0 Å². The maximum atomic E-state index is 13.1. The molecule has 0 radical (unpaired) electrons. The third kappa shape index (κ3) is 3.89. The van der Waals surface area contributed by atoms with Crippen LogP contribution < -0.4 is 5.32 Å². The summed E-state index contributed by atoms with van der Waals surface area (Å²) < 4.78 is 0. The zero-order chi connectivity index (χ0) is 21.3. The average Bonchev–Trinajstić information content (AvgIpc) is 2.71. The quantitative estimate of drug-likeness (QED) is 0.706. The molecule has 30 heavy (non-hydrogen) atoms. The van der Waals surface area contributed by atoms with E-state index in [-0.39, 0.29) is 17.9 Å². The molecule has 2 aliphatic rings. The van der Waals surface area contributed by atoms with E-state index in [4.69, 9.17) is 5.41 Å². The van der Waals surface area contributed by atoms with Gasteiger partial charge in [0.15, 0.2) is 0 Å². The van der Waals surface area contributed by atoms with Gasteiger partial charge in [-0.1, -0.05) is 30.7 Å². The smallest absolute Gasteiger partial charge is 0.254 e. The number of hydrogen-bond donors (Lipinski definition) is 2. The fourth-order valence-electron chi connectivity index (χ4n) is 4.42. The third-order valence-corrected chi connectivity index (χ3v) is 6.57. The van der Waals surface area contributed by atoms with E-state index in [1.807, 2.05) is 41.3 Å². The first-order valence-corrected chi connectivity index (χ1v) is 10.8. The molecule has 156 valence electrons. The van der Waals surface area contributed by atoms with Crippen molar-refractivity contribution in [1.82, 2.24) is 10.2 Å². The second kappa shape index (κ2) is 8.42. The highest BCUT2D eigenvalue weighted by atomic mass is 16.2. The first kappa shape index (κ1) is 20.3. The lowest BCUT2D eigenvalue weighted by Crippen LogP contribution is -2.44. The maximum absolute atomic E-state index is 13.1. The minimum Gasteiger partial charge on any atom is -0.355 e. The van der Waals surface area contributed by atoms with Crippen molar-refractivity contribution >= 4 is 17.5 Å². The maximum Gasteiger partial charge on any atom is 0.254 e. The molecule has 4 rings (SSSR count). The van der Waals surface area contributed by atoms with E-state index >= 15 is 0 Å². The molecule has 1 atom stereocenters. The van der Waals surface area contributed by atoms with E-state index in [9.17, 15) is 9.59 Å². The van der Waals surface area contributed by atoms with Crippen LogP contribution in [0, 0.1) is 11.3 Å². The molecule has 1 fully saturated rings. The molecule has 0 bridgehead atoms. The van der Waals surface area contributed by atoms with Crippen LogP contribution in [0.4, 0.5) is 0 Å². The molecule has 2 N–H and O–H groups in total. The summed E-state index contributed by atoms with van der Waals surface area (Å²) >= 11 is 0. The van der Waals surface area contributed by atoms with E-state index in [1.54, 1.807) is 7.05 Å². The van der Waals surface area contributed by atoms with Crippen LogP contribution in [-0.4, -0.2) is 42.1 Å². The molecule has 0 aromatic heterocycles. The largest absolute Gasteiger partial charge is 0.355 e. The minimum absolute atomic E-state index is 0.0654. The number of nitrogens with one attached hydrogen (secondary N) is 2. The predicted octanol–water partition coefficient (Wildman–Crippen LogP) is 4.31. The number of hydrogen-bond acceptors (Lipinski definition) is 3. The number of carbonyl (C=O) groups is 2. The Labute approximate surface area is 178 Å². The molecule has 2 aromatic rings.